The molecule has 0 fully saturated rings. The van der Waals surface area contributed by atoms with E-state index < -0.39 is 0 Å². The highest BCUT2D eigenvalue weighted by Gasteiger charge is 2.15. The first kappa shape index (κ1) is 14.3. The molecule has 1 aromatic rings. The molecule has 17 heavy (non-hydrogen) atoms. The quantitative estimate of drug-likeness (QED) is 0.840. The van der Waals surface area contributed by atoms with Gasteiger partial charge in [-0.2, -0.15) is 0 Å². The lowest BCUT2D eigenvalue weighted by Gasteiger charge is -2.18. The summed E-state index contributed by atoms with van der Waals surface area (Å²) in [6, 6.07) is 4.14. The Balaban J connectivity index is 3.18. The van der Waals surface area contributed by atoms with Gasteiger partial charge < -0.3 is 10.5 Å². The molecule has 2 N–H and O–H groups in total. The summed E-state index contributed by atoms with van der Waals surface area (Å²) in [5.41, 5.74) is 7.98. The Morgan fingerprint density at radius 1 is 1.35 bits per heavy atom. The molecule has 0 amide bonds. The molecule has 0 saturated heterocycles. The van der Waals surface area contributed by atoms with Crippen molar-refractivity contribution in [3.8, 4) is 5.75 Å². The number of benzene rings is 1. The molecule has 0 bridgehead atoms. The Bertz CT molecular complexity index is 365. The molecule has 1 atom stereocenters. The highest BCUT2D eigenvalue weighted by atomic mass is 35.5. The predicted molar refractivity (Wildman–Crippen MR) is 74.1 cm³/mol. The zero-order valence-electron chi connectivity index (χ0n) is 10.9. The summed E-state index contributed by atoms with van der Waals surface area (Å²) in [5.74, 6) is 1.29. The minimum absolute atomic E-state index is 0.451. The van der Waals surface area contributed by atoms with Crippen molar-refractivity contribution < 1.29 is 4.74 Å². The van der Waals surface area contributed by atoms with E-state index in [9.17, 15) is 0 Å². The van der Waals surface area contributed by atoms with E-state index in [-0.39, 0.29) is 0 Å². The Labute approximate surface area is 109 Å². The number of nitrogens with two attached hydrogens (primary N) is 1. The van der Waals surface area contributed by atoms with Crippen molar-refractivity contribution in [3.05, 3.63) is 28.3 Å². The van der Waals surface area contributed by atoms with E-state index in [2.05, 4.69) is 19.9 Å². The van der Waals surface area contributed by atoms with Crippen LogP contribution in [-0.2, 0) is 6.42 Å². The molecule has 0 spiro atoms. The monoisotopic (exact) mass is 255 g/mol. The number of rotatable bonds is 6. The maximum absolute atomic E-state index is 6.28. The molecule has 2 nitrogen and oxygen atoms in total. The Hall–Kier alpha value is -0.730. The summed E-state index contributed by atoms with van der Waals surface area (Å²) >= 11 is 6.28. The summed E-state index contributed by atoms with van der Waals surface area (Å²) in [7, 11) is 0. The van der Waals surface area contributed by atoms with Gasteiger partial charge in [0.25, 0.3) is 0 Å². The fourth-order valence-electron chi connectivity index (χ4n) is 1.87. The smallest absolute Gasteiger partial charge is 0.141 e. The summed E-state index contributed by atoms with van der Waals surface area (Å²) < 4.78 is 5.66. The molecule has 1 aromatic carbocycles. The summed E-state index contributed by atoms with van der Waals surface area (Å²) in [4.78, 5) is 0. The first-order chi connectivity index (χ1) is 8.13. The van der Waals surface area contributed by atoms with E-state index in [1.165, 1.54) is 11.1 Å². The van der Waals surface area contributed by atoms with Crippen molar-refractivity contribution in [2.75, 3.05) is 13.2 Å². The van der Waals surface area contributed by atoms with Crippen molar-refractivity contribution in [1.29, 1.82) is 0 Å². The second-order valence-corrected chi connectivity index (χ2v) is 4.68. The second-order valence-electron chi connectivity index (χ2n) is 4.28. The first-order valence-corrected chi connectivity index (χ1v) is 6.66. The lowest BCUT2D eigenvalue weighted by atomic mass is 9.95. The Morgan fingerprint density at radius 2 is 2.06 bits per heavy atom. The SMILES string of the molecule is CCOc1c(Cl)cc(CCN)cc1C(C)CC. The van der Waals surface area contributed by atoms with Gasteiger partial charge >= 0.3 is 0 Å². The van der Waals surface area contributed by atoms with Crippen LogP contribution in [0.1, 0.15) is 44.2 Å². The molecule has 0 aliphatic rings. The van der Waals surface area contributed by atoms with Crippen LogP contribution >= 0.6 is 11.6 Å². The molecular formula is C14H22ClNO. The summed E-state index contributed by atoms with van der Waals surface area (Å²) in [6.45, 7) is 7.62. The first-order valence-electron chi connectivity index (χ1n) is 6.29. The highest BCUT2D eigenvalue weighted by molar-refractivity contribution is 6.32. The van der Waals surface area contributed by atoms with Gasteiger partial charge in [-0.3, -0.25) is 0 Å². The van der Waals surface area contributed by atoms with Gasteiger partial charge in [0.2, 0.25) is 0 Å². The number of halogens is 1. The topological polar surface area (TPSA) is 35.2 Å². The van der Waals surface area contributed by atoms with Gasteiger partial charge in [0.05, 0.1) is 11.6 Å². The van der Waals surface area contributed by atoms with Crippen LogP contribution in [0.5, 0.6) is 5.75 Å². The zero-order valence-corrected chi connectivity index (χ0v) is 11.7. The lowest BCUT2D eigenvalue weighted by molar-refractivity contribution is 0.334. The fraction of sp³-hybridized carbons (Fsp3) is 0.571. The number of hydrogen-bond donors (Lipinski definition) is 1. The van der Waals surface area contributed by atoms with Crippen LogP contribution in [0.2, 0.25) is 5.02 Å². The molecule has 0 aromatic heterocycles. The standard InChI is InChI=1S/C14H22ClNO/c1-4-10(3)12-8-11(6-7-16)9-13(15)14(12)17-5-2/h8-10H,4-7,16H2,1-3H3. The van der Waals surface area contributed by atoms with E-state index in [1.807, 2.05) is 13.0 Å². The molecule has 3 heteroatoms. The van der Waals surface area contributed by atoms with Crippen LogP contribution < -0.4 is 10.5 Å². The Morgan fingerprint density at radius 3 is 2.59 bits per heavy atom. The molecular weight excluding hydrogens is 234 g/mol. The summed E-state index contributed by atoms with van der Waals surface area (Å²) in [6.07, 6.45) is 1.93. The third-order valence-electron chi connectivity index (χ3n) is 3.00. The highest BCUT2D eigenvalue weighted by Crippen LogP contribution is 2.36. The third kappa shape index (κ3) is 3.62. The fourth-order valence-corrected chi connectivity index (χ4v) is 2.17. The van der Waals surface area contributed by atoms with Crippen molar-refractivity contribution in [3.63, 3.8) is 0 Å². The molecule has 96 valence electrons. The third-order valence-corrected chi connectivity index (χ3v) is 3.28. The van der Waals surface area contributed by atoms with Crippen molar-refractivity contribution in [2.45, 2.75) is 39.5 Å². The van der Waals surface area contributed by atoms with E-state index >= 15 is 0 Å². The average molecular weight is 256 g/mol. The van der Waals surface area contributed by atoms with Crippen LogP contribution in [0.15, 0.2) is 12.1 Å². The van der Waals surface area contributed by atoms with Crippen LogP contribution in [-0.4, -0.2) is 13.2 Å². The predicted octanol–water partition coefficient (Wildman–Crippen LogP) is 3.75. The molecule has 0 radical (unpaired) electrons. The number of ether oxygens (including phenoxy) is 1. The molecule has 0 saturated carbocycles. The van der Waals surface area contributed by atoms with Crippen LogP contribution in [0.4, 0.5) is 0 Å². The molecule has 0 aliphatic carbocycles. The van der Waals surface area contributed by atoms with E-state index in [0.717, 1.165) is 18.6 Å². The van der Waals surface area contributed by atoms with Crippen molar-refractivity contribution >= 4 is 11.6 Å². The van der Waals surface area contributed by atoms with Gasteiger partial charge in [0, 0.05) is 0 Å². The van der Waals surface area contributed by atoms with Gasteiger partial charge in [-0.1, -0.05) is 31.5 Å². The van der Waals surface area contributed by atoms with E-state index in [1.54, 1.807) is 0 Å². The van der Waals surface area contributed by atoms with Crippen LogP contribution in [0.25, 0.3) is 0 Å². The van der Waals surface area contributed by atoms with Crippen molar-refractivity contribution in [2.24, 2.45) is 5.73 Å². The molecule has 0 heterocycles. The van der Waals surface area contributed by atoms with Crippen molar-refractivity contribution in [1.82, 2.24) is 0 Å². The molecule has 1 rings (SSSR count). The van der Waals surface area contributed by atoms with Gasteiger partial charge in [-0.15, -0.1) is 0 Å². The molecule has 1 unspecified atom stereocenters. The number of hydrogen-bond acceptors (Lipinski definition) is 2. The molecule has 0 aliphatic heterocycles. The summed E-state index contributed by atoms with van der Waals surface area (Å²) in [5, 5.41) is 0.702. The largest absolute Gasteiger partial charge is 0.492 e. The van der Waals surface area contributed by atoms with Gasteiger partial charge in [0.15, 0.2) is 0 Å². The van der Waals surface area contributed by atoms with Gasteiger partial charge in [-0.05, 0) is 49.4 Å². The van der Waals surface area contributed by atoms with Gasteiger partial charge in [0.1, 0.15) is 5.75 Å². The maximum atomic E-state index is 6.28. The lowest BCUT2D eigenvalue weighted by Crippen LogP contribution is -2.06. The van der Waals surface area contributed by atoms with Crippen LogP contribution in [0.3, 0.4) is 0 Å². The Kier molecular flexibility index (Phi) is 5.79. The average Bonchev–Trinajstić information content (AvgIpc) is 2.31. The zero-order chi connectivity index (χ0) is 12.8. The van der Waals surface area contributed by atoms with E-state index in [0.29, 0.717) is 24.1 Å². The minimum Gasteiger partial charge on any atom is -0.492 e. The van der Waals surface area contributed by atoms with Gasteiger partial charge in [-0.25, -0.2) is 0 Å². The minimum atomic E-state index is 0.451. The maximum Gasteiger partial charge on any atom is 0.141 e. The normalized spacial score (nSPS) is 12.5. The van der Waals surface area contributed by atoms with E-state index in [4.69, 9.17) is 22.1 Å². The second kappa shape index (κ2) is 6.87. The van der Waals surface area contributed by atoms with Crippen LogP contribution in [0, 0.1) is 0 Å².